The number of hydrogen-bond donors (Lipinski definition) is 2. The summed E-state index contributed by atoms with van der Waals surface area (Å²) < 4.78 is 36.7. The fourth-order valence-electron chi connectivity index (χ4n) is 1.94. The van der Waals surface area contributed by atoms with Gasteiger partial charge in [-0.3, -0.25) is 0 Å². The predicted octanol–water partition coefficient (Wildman–Crippen LogP) is 3.56. The third kappa shape index (κ3) is 5.12. The molecule has 0 aromatic heterocycles. The Kier molecular flexibility index (Phi) is 6.36. The van der Waals surface area contributed by atoms with Crippen molar-refractivity contribution in [1.82, 2.24) is 5.32 Å². The third-order valence-corrected chi connectivity index (χ3v) is 2.97. The molecular formula is C17H18F2N2O3. The molecule has 128 valence electrons. The van der Waals surface area contributed by atoms with Crippen molar-refractivity contribution in [3.05, 3.63) is 54.1 Å². The van der Waals surface area contributed by atoms with Gasteiger partial charge >= 0.3 is 6.03 Å². The normalized spacial score (nSPS) is 10.1. The Hall–Kier alpha value is -2.83. The molecule has 0 aliphatic heterocycles. The molecule has 2 rings (SSSR count). The standard InChI is InChI=1S/C17H18F2N2O3/c1-2-23-16-6-4-3-5-14(16)21-17(22)20-9-10-24-15-8-7-12(18)11-13(15)19/h3-8,11H,2,9-10H2,1H3,(H2,20,21,22). The number of para-hydroxylation sites is 2. The van der Waals surface area contributed by atoms with Crippen LogP contribution in [0.4, 0.5) is 19.3 Å². The van der Waals surface area contributed by atoms with Crippen LogP contribution in [0.5, 0.6) is 11.5 Å². The van der Waals surface area contributed by atoms with Crippen LogP contribution in [0.1, 0.15) is 6.92 Å². The van der Waals surface area contributed by atoms with Crippen LogP contribution in [-0.2, 0) is 0 Å². The van der Waals surface area contributed by atoms with Crippen LogP contribution in [-0.4, -0.2) is 25.8 Å². The molecule has 0 fully saturated rings. The zero-order valence-electron chi connectivity index (χ0n) is 13.1. The molecule has 24 heavy (non-hydrogen) atoms. The number of urea groups is 1. The first-order valence-electron chi connectivity index (χ1n) is 7.44. The summed E-state index contributed by atoms with van der Waals surface area (Å²) in [5, 5.41) is 5.23. The van der Waals surface area contributed by atoms with Gasteiger partial charge in [-0.2, -0.15) is 0 Å². The number of benzene rings is 2. The summed E-state index contributed by atoms with van der Waals surface area (Å²) in [4.78, 5) is 11.8. The summed E-state index contributed by atoms with van der Waals surface area (Å²) >= 11 is 0. The summed E-state index contributed by atoms with van der Waals surface area (Å²) in [7, 11) is 0. The number of anilines is 1. The largest absolute Gasteiger partial charge is 0.492 e. The van der Waals surface area contributed by atoms with Crippen molar-refractivity contribution in [2.45, 2.75) is 6.92 Å². The second kappa shape index (κ2) is 8.71. The Morgan fingerprint density at radius 3 is 2.62 bits per heavy atom. The number of hydrogen-bond acceptors (Lipinski definition) is 3. The second-order valence-electron chi connectivity index (χ2n) is 4.73. The Balaban J connectivity index is 1.77. The molecule has 0 atom stereocenters. The lowest BCUT2D eigenvalue weighted by Crippen LogP contribution is -2.32. The Morgan fingerprint density at radius 1 is 1.08 bits per heavy atom. The van der Waals surface area contributed by atoms with Crippen LogP contribution in [0, 0.1) is 11.6 Å². The van der Waals surface area contributed by atoms with E-state index < -0.39 is 17.7 Å². The van der Waals surface area contributed by atoms with Crippen molar-refractivity contribution in [3.63, 3.8) is 0 Å². The van der Waals surface area contributed by atoms with Gasteiger partial charge in [-0.05, 0) is 31.2 Å². The second-order valence-corrected chi connectivity index (χ2v) is 4.73. The minimum atomic E-state index is -0.787. The molecular weight excluding hydrogens is 318 g/mol. The molecule has 2 aromatic rings. The molecule has 0 spiro atoms. The fraction of sp³-hybridized carbons (Fsp3) is 0.235. The van der Waals surface area contributed by atoms with E-state index >= 15 is 0 Å². The van der Waals surface area contributed by atoms with Crippen molar-refractivity contribution >= 4 is 11.7 Å². The average molecular weight is 336 g/mol. The zero-order valence-corrected chi connectivity index (χ0v) is 13.1. The van der Waals surface area contributed by atoms with Gasteiger partial charge in [-0.1, -0.05) is 12.1 Å². The van der Waals surface area contributed by atoms with E-state index in [1.165, 1.54) is 6.07 Å². The molecule has 5 nitrogen and oxygen atoms in total. The summed E-state index contributed by atoms with van der Waals surface area (Å²) in [6.45, 7) is 2.53. The average Bonchev–Trinajstić information content (AvgIpc) is 2.55. The highest BCUT2D eigenvalue weighted by atomic mass is 19.1. The maximum Gasteiger partial charge on any atom is 0.319 e. The highest BCUT2D eigenvalue weighted by molar-refractivity contribution is 5.90. The van der Waals surface area contributed by atoms with E-state index in [0.29, 0.717) is 18.0 Å². The maximum absolute atomic E-state index is 13.4. The first-order chi connectivity index (χ1) is 11.6. The Labute approximate surface area is 138 Å². The van der Waals surface area contributed by atoms with Gasteiger partial charge in [0.15, 0.2) is 11.6 Å². The van der Waals surface area contributed by atoms with Crippen LogP contribution >= 0.6 is 0 Å². The number of ether oxygens (including phenoxy) is 2. The van der Waals surface area contributed by atoms with Crippen molar-refractivity contribution in [2.75, 3.05) is 25.1 Å². The summed E-state index contributed by atoms with van der Waals surface area (Å²) in [5.41, 5.74) is 0.544. The van der Waals surface area contributed by atoms with Crippen LogP contribution in [0.2, 0.25) is 0 Å². The van der Waals surface area contributed by atoms with E-state index in [4.69, 9.17) is 9.47 Å². The third-order valence-electron chi connectivity index (χ3n) is 2.97. The number of carbonyl (C=O) groups is 1. The van der Waals surface area contributed by atoms with E-state index in [9.17, 15) is 13.6 Å². The molecule has 2 N–H and O–H groups in total. The molecule has 0 bridgehead atoms. The summed E-state index contributed by atoms with van der Waals surface area (Å²) in [5.74, 6) is -0.963. The molecule has 0 heterocycles. The molecule has 0 saturated heterocycles. The molecule has 0 unspecified atom stereocenters. The van der Waals surface area contributed by atoms with Crippen LogP contribution in [0.3, 0.4) is 0 Å². The summed E-state index contributed by atoms with van der Waals surface area (Å²) in [6.07, 6.45) is 0. The van der Waals surface area contributed by atoms with E-state index in [1.54, 1.807) is 24.3 Å². The maximum atomic E-state index is 13.4. The topological polar surface area (TPSA) is 59.6 Å². The zero-order chi connectivity index (χ0) is 17.4. The lowest BCUT2D eigenvalue weighted by atomic mass is 10.3. The molecule has 2 amide bonds. The molecule has 0 saturated carbocycles. The molecule has 7 heteroatoms. The van der Waals surface area contributed by atoms with Gasteiger partial charge in [0.1, 0.15) is 18.2 Å². The SMILES string of the molecule is CCOc1ccccc1NC(=O)NCCOc1ccc(F)cc1F. The number of nitrogens with one attached hydrogen (secondary N) is 2. The van der Waals surface area contributed by atoms with Gasteiger partial charge in [0.2, 0.25) is 0 Å². The van der Waals surface area contributed by atoms with Crippen molar-refractivity contribution < 1.29 is 23.0 Å². The van der Waals surface area contributed by atoms with E-state index in [2.05, 4.69) is 10.6 Å². The first-order valence-corrected chi connectivity index (χ1v) is 7.44. The molecule has 0 radical (unpaired) electrons. The monoisotopic (exact) mass is 336 g/mol. The van der Waals surface area contributed by atoms with Gasteiger partial charge in [-0.25, -0.2) is 13.6 Å². The van der Waals surface area contributed by atoms with Gasteiger partial charge in [0, 0.05) is 6.07 Å². The molecule has 0 aliphatic carbocycles. The van der Waals surface area contributed by atoms with Gasteiger partial charge in [-0.15, -0.1) is 0 Å². The van der Waals surface area contributed by atoms with Gasteiger partial charge in [0.25, 0.3) is 0 Å². The van der Waals surface area contributed by atoms with Crippen molar-refractivity contribution in [1.29, 1.82) is 0 Å². The molecule has 0 aliphatic rings. The number of rotatable bonds is 7. The first kappa shape index (κ1) is 17.5. The van der Waals surface area contributed by atoms with E-state index in [0.717, 1.165) is 12.1 Å². The van der Waals surface area contributed by atoms with Gasteiger partial charge < -0.3 is 20.1 Å². The smallest absolute Gasteiger partial charge is 0.319 e. The number of amides is 2. The lowest BCUT2D eigenvalue weighted by Gasteiger charge is -2.12. The van der Waals surface area contributed by atoms with Crippen LogP contribution in [0.15, 0.2) is 42.5 Å². The lowest BCUT2D eigenvalue weighted by molar-refractivity contribution is 0.246. The van der Waals surface area contributed by atoms with E-state index in [-0.39, 0.29) is 18.9 Å². The van der Waals surface area contributed by atoms with Gasteiger partial charge in [0.05, 0.1) is 18.8 Å². The van der Waals surface area contributed by atoms with Crippen LogP contribution < -0.4 is 20.1 Å². The number of carbonyl (C=O) groups excluding carboxylic acids is 1. The minimum absolute atomic E-state index is 0.0447. The van der Waals surface area contributed by atoms with Crippen molar-refractivity contribution in [3.8, 4) is 11.5 Å². The predicted molar refractivity (Wildman–Crippen MR) is 86.5 cm³/mol. The quantitative estimate of drug-likeness (QED) is 0.760. The Bertz CT molecular complexity index is 695. The number of halogens is 2. The fourth-order valence-corrected chi connectivity index (χ4v) is 1.94. The highest BCUT2D eigenvalue weighted by Gasteiger charge is 2.07. The Morgan fingerprint density at radius 2 is 1.88 bits per heavy atom. The summed E-state index contributed by atoms with van der Waals surface area (Å²) in [6, 6.07) is 9.64. The van der Waals surface area contributed by atoms with Crippen LogP contribution in [0.25, 0.3) is 0 Å². The minimum Gasteiger partial charge on any atom is -0.492 e. The molecule has 2 aromatic carbocycles. The van der Waals surface area contributed by atoms with E-state index in [1.807, 2.05) is 6.92 Å². The highest BCUT2D eigenvalue weighted by Crippen LogP contribution is 2.23. The van der Waals surface area contributed by atoms with Crippen molar-refractivity contribution in [2.24, 2.45) is 0 Å².